The molecule has 1 aliphatic heterocycles. The lowest BCUT2D eigenvalue weighted by Gasteiger charge is -2.24. The summed E-state index contributed by atoms with van der Waals surface area (Å²) in [6, 6.07) is 11.2. The van der Waals surface area contributed by atoms with Crippen molar-refractivity contribution in [2.24, 2.45) is 0 Å². The highest BCUT2D eigenvalue weighted by atomic mass is 35.5. The van der Waals surface area contributed by atoms with E-state index in [9.17, 15) is 13.2 Å². The van der Waals surface area contributed by atoms with Crippen LogP contribution >= 0.6 is 11.6 Å². The predicted molar refractivity (Wildman–Crippen MR) is 113 cm³/mol. The summed E-state index contributed by atoms with van der Waals surface area (Å²) in [6.07, 6.45) is 3.71. The fourth-order valence-corrected chi connectivity index (χ4v) is 5.33. The van der Waals surface area contributed by atoms with Crippen LogP contribution in [0.25, 0.3) is 0 Å². The van der Waals surface area contributed by atoms with Crippen LogP contribution in [0.15, 0.2) is 47.4 Å². The summed E-state index contributed by atoms with van der Waals surface area (Å²) >= 11 is 5.89. The number of carbonyl (C=O) groups is 1. The van der Waals surface area contributed by atoms with Crippen LogP contribution in [0.5, 0.6) is 0 Å². The number of rotatable bonds is 7. The average Bonchev–Trinajstić information content (AvgIpc) is 3.01. The number of halogens is 1. The molecule has 150 valence electrons. The molecule has 5 nitrogen and oxygen atoms in total. The van der Waals surface area contributed by atoms with Gasteiger partial charge in [0.2, 0.25) is 0 Å². The van der Waals surface area contributed by atoms with E-state index in [2.05, 4.69) is 12.2 Å². The lowest BCUT2D eigenvalue weighted by Crippen LogP contribution is -2.35. The number of nitrogens with one attached hydrogen (secondary N) is 1. The van der Waals surface area contributed by atoms with Crippen LogP contribution in [0.3, 0.4) is 0 Å². The van der Waals surface area contributed by atoms with Gasteiger partial charge in [-0.25, -0.2) is 8.42 Å². The Morgan fingerprint density at radius 1 is 1.18 bits per heavy atom. The van der Waals surface area contributed by atoms with Crippen LogP contribution < -0.4 is 9.62 Å². The molecule has 1 aliphatic rings. The molecule has 0 aromatic heterocycles. The van der Waals surface area contributed by atoms with E-state index in [4.69, 9.17) is 11.6 Å². The van der Waals surface area contributed by atoms with Crippen molar-refractivity contribution in [3.8, 4) is 0 Å². The van der Waals surface area contributed by atoms with Gasteiger partial charge >= 0.3 is 0 Å². The molecule has 0 saturated heterocycles. The molecule has 2 aromatic carbocycles. The van der Waals surface area contributed by atoms with Gasteiger partial charge in [-0.2, -0.15) is 0 Å². The van der Waals surface area contributed by atoms with Crippen molar-refractivity contribution in [3.63, 3.8) is 0 Å². The van der Waals surface area contributed by atoms with Crippen molar-refractivity contribution in [2.45, 2.75) is 50.5 Å². The second-order valence-electron chi connectivity index (χ2n) is 7.11. The monoisotopic (exact) mass is 420 g/mol. The SMILES string of the molecule is CCCCCNC(=O)c1ccc2c(c1)C[C@H](C)N2S(=O)(=O)c1ccc(Cl)cc1. The molecule has 1 N–H and O–H groups in total. The Morgan fingerprint density at radius 3 is 2.57 bits per heavy atom. The Morgan fingerprint density at radius 2 is 1.89 bits per heavy atom. The Balaban J connectivity index is 1.84. The molecule has 7 heteroatoms. The maximum atomic E-state index is 13.1. The molecule has 0 saturated carbocycles. The van der Waals surface area contributed by atoms with Crippen molar-refractivity contribution in [2.75, 3.05) is 10.8 Å². The largest absolute Gasteiger partial charge is 0.352 e. The third-order valence-corrected chi connectivity index (χ3v) is 7.13. The van der Waals surface area contributed by atoms with Gasteiger partial charge in [-0.1, -0.05) is 31.4 Å². The van der Waals surface area contributed by atoms with Gasteiger partial charge in [-0.15, -0.1) is 0 Å². The summed E-state index contributed by atoms with van der Waals surface area (Å²) in [6.45, 7) is 4.64. The summed E-state index contributed by atoms with van der Waals surface area (Å²) in [5, 5.41) is 3.41. The van der Waals surface area contributed by atoms with Gasteiger partial charge in [0, 0.05) is 23.2 Å². The highest BCUT2D eigenvalue weighted by Gasteiger charge is 2.36. The van der Waals surface area contributed by atoms with E-state index >= 15 is 0 Å². The van der Waals surface area contributed by atoms with E-state index in [1.807, 2.05) is 6.92 Å². The predicted octanol–water partition coefficient (Wildman–Crippen LogP) is 4.40. The molecular formula is C21H25ClN2O3S. The van der Waals surface area contributed by atoms with Crippen molar-refractivity contribution >= 4 is 33.2 Å². The molecule has 0 spiro atoms. The fraction of sp³-hybridized carbons (Fsp3) is 0.381. The van der Waals surface area contributed by atoms with Crippen LogP contribution in [0, 0.1) is 0 Å². The van der Waals surface area contributed by atoms with Gasteiger partial charge in [0.25, 0.3) is 15.9 Å². The maximum absolute atomic E-state index is 13.1. The molecule has 28 heavy (non-hydrogen) atoms. The number of unbranched alkanes of at least 4 members (excludes halogenated alkanes) is 2. The molecule has 0 fully saturated rings. The second-order valence-corrected chi connectivity index (χ2v) is 9.37. The van der Waals surface area contributed by atoms with Crippen molar-refractivity contribution in [1.82, 2.24) is 5.32 Å². The molecule has 2 aromatic rings. The third-order valence-electron chi connectivity index (χ3n) is 4.93. The highest BCUT2D eigenvalue weighted by Crippen LogP contribution is 2.37. The molecule has 0 bridgehead atoms. The summed E-state index contributed by atoms with van der Waals surface area (Å²) in [5.74, 6) is -0.120. The molecule has 0 unspecified atom stereocenters. The summed E-state index contributed by atoms with van der Waals surface area (Å²) in [7, 11) is -3.70. The van der Waals surface area contributed by atoms with E-state index in [1.54, 1.807) is 30.3 Å². The number of sulfonamides is 1. The zero-order valence-corrected chi connectivity index (χ0v) is 17.7. The quantitative estimate of drug-likeness (QED) is 0.675. The summed E-state index contributed by atoms with van der Waals surface area (Å²) in [4.78, 5) is 12.6. The van der Waals surface area contributed by atoms with E-state index in [0.717, 1.165) is 24.8 Å². The number of anilines is 1. The molecule has 1 amide bonds. The van der Waals surface area contributed by atoms with Crippen molar-refractivity contribution in [1.29, 1.82) is 0 Å². The number of amides is 1. The number of hydrogen-bond donors (Lipinski definition) is 1. The fourth-order valence-electron chi connectivity index (χ4n) is 3.51. The van der Waals surface area contributed by atoms with Crippen LogP contribution in [0.2, 0.25) is 5.02 Å². The highest BCUT2D eigenvalue weighted by molar-refractivity contribution is 7.92. The zero-order chi connectivity index (χ0) is 20.3. The number of hydrogen-bond acceptors (Lipinski definition) is 3. The van der Waals surface area contributed by atoms with Gasteiger partial charge in [-0.3, -0.25) is 9.10 Å². The second kappa shape index (κ2) is 8.53. The Labute approximate surface area is 171 Å². The maximum Gasteiger partial charge on any atom is 0.264 e. The van der Waals surface area contributed by atoms with Crippen LogP contribution in [-0.2, 0) is 16.4 Å². The minimum Gasteiger partial charge on any atom is -0.352 e. The Bertz CT molecular complexity index is 958. The van der Waals surface area contributed by atoms with Crippen LogP contribution in [0.1, 0.15) is 49.0 Å². The van der Waals surface area contributed by atoms with Gasteiger partial charge in [0.05, 0.1) is 10.6 Å². The van der Waals surface area contributed by atoms with Crippen molar-refractivity contribution in [3.05, 3.63) is 58.6 Å². The lowest BCUT2D eigenvalue weighted by molar-refractivity contribution is 0.0953. The zero-order valence-electron chi connectivity index (χ0n) is 16.1. The average molecular weight is 421 g/mol. The first-order valence-electron chi connectivity index (χ1n) is 9.55. The van der Waals surface area contributed by atoms with Crippen LogP contribution in [-0.4, -0.2) is 26.9 Å². The number of carbonyl (C=O) groups excluding carboxylic acids is 1. The van der Waals surface area contributed by atoms with E-state index in [0.29, 0.717) is 29.2 Å². The van der Waals surface area contributed by atoms with Gasteiger partial charge in [0.1, 0.15) is 0 Å². The molecule has 1 heterocycles. The van der Waals surface area contributed by atoms with Crippen LogP contribution in [0.4, 0.5) is 5.69 Å². The third kappa shape index (κ3) is 4.18. The minimum absolute atomic E-state index is 0.120. The Hall–Kier alpha value is -2.05. The summed E-state index contributed by atoms with van der Waals surface area (Å²) in [5.41, 5.74) is 2.06. The van der Waals surface area contributed by atoms with Gasteiger partial charge in [-0.05, 0) is 67.8 Å². The van der Waals surface area contributed by atoms with Gasteiger partial charge in [0.15, 0.2) is 0 Å². The topological polar surface area (TPSA) is 66.5 Å². The van der Waals surface area contributed by atoms with E-state index in [-0.39, 0.29) is 16.8 Å². The molecule has 0 aliphatic carbocycles. The minimum atomic E-state index is -3.70. The smallest absolute Gasteiger partial charge is 0.264 e. The molecular weight excluding hydrogens is 396 g/mol. The first-order chi connectivity index (χ1) is 13.3. The molecule has 1 atom stereocenters. The first kappa shape index (κ1) is 20.7. The number of benzene rings is 2. The Kier molecular flexibility index (Phi) is 6.30. The molecule has 0 radical (unpaired) electrons. The van der Waals surface area contributed by atoms with E-state index < -0.39 is 10.0 Å². The standard InChI is InChI=1S/C21H25ClN2O3S/c1-3-4-5-12-23-21(25)16-6-11-20-17(14-16)13-15(2)24(20)28(26,27)19-9-7-18(22)8-10-19/h6-11,14-15H,3-5,12-13H2,1-2H3,(H,23,25)/t15-/m0/s1. The normalized spacial score (nSPS) is 16.1. The molecule has 3 rings (SSSR count). The number of nitrogens with zero attached hydrogens (tertiary/aromatic N) is 1. The van der Waals surface area contributed by atoms with Gasteiger partial charge < -0.3 is 5.32 Å². The first-order valence-corrected chi connectivity index (χ1v) is 11.4. The van der Waals surface area contributed by atoms with Crippen molar-refractivity contribution < 1.29 is 13.2 Å². The number of fused-ring (bicyclic) bond motifs is 1. The summed E-state index contributed by atoms with van der Waals surface area (Å²) < 4.78 is 27.7. The van der Waals surface area contributed by atoms with E-state index in [1.165, 1.54) is 16.4 Å². The lowest BCUT2D eigenvalue weighted by atomic mass is 10.1.